The van der Waals surface area contributed by atoms with Crippen LogP contribution in [0.2, 0.25) is 0 Å². The quantitative estimate of drug-likeness (QED) is 0.695. The second-order valence-corrected chi connectivity index (χ2v) is 6.41. The number of anilines is 2. The number of carbonyl (C=O) groups is 2. The number of hydrogen-bond donors (Lipinski definition) is 3. The van der Waals surface area contributed by atoms with Crippen LogP contribution in [-0.2, 0) is 16.1 Å². The van der Waals surface area contributed by atoms with Gasteiger partial charge in [0.05, 0.1) is 12.2 Å². The maximum atomic E-state index is 12.2. The van der Waals surface area contributed by atoms with Crippen molar-refractivity contribution in [1.29, 1.82) is 0 Å². The summed E-state index contributed by atoms with van der Waals surface area (Å²) in [7, 11) is 1.46. The van der Waals surface area contributed by atoms with E-state index >= 15 is 0 Å². The fourth-order valence-electron chi connectivity index (χ4n) is 2.61. The summed E-state index contributed by atoms with van der Waals surface area (Å²) in [6.07, 6.45) is 0. The van der Waals surface area contributed by atoms with Crippen LogP contribution >= 0.6 is 0 Å². The number of nitrogens with one attached hydrogen (secondary N) is 3. The van der Waals surface area contributed by atoms with E-state index in [9.17, 15) is 9.59 Å². The van der Waals surface area contributed by atoms with E-state index < -0.39 is 0 Å². The van der Waals surface area contributed by atoms with E-state index in [2.05, 4.69) is 21.0 Å². The normalized spacial score (nSPS) is 10.6. The lowest BCUT2D eigenvalue weighted by atomic mass is 10.2. The Morgan fingerprint density at radius 1 is 1.15 bits per heavy atom. The minimum absolute atomic E-state index is 0.0249. The van der Waals surface area contributed by atoms with Gasteiger partial charge in [0.25, 0.3) is 0 Å². The predicted octanol–water partition coefficient (Wildman–Crippen LogP) is 2.52. The lowest BCUT2D eigenvalue weighted by Gasteiger charge is -2.13. The van der Waals surface area contributed by atoms with Crippen LogP contribution in [-0.4, -0.2) is 42.0 Å². The number of amides is 3. The van der Waals surface area contributed by atoms with Crippen molar-refractivity contribution in [3.8, 4) is 0 Å². The summed E-state index contributed by atoms with van der Waals surface area (Å²) < 4.78 is 6.68. The number of urea groups is 1. The monoisotopic (exact) mass is 373 g/mol. The Kier molecular flexibility index (Phi) is 6.95. The van der Waals surface area contributed by atoms with E-state index in [0.717, 1.165) is 17.0 Å². The second kappa shape index (κ2) is 9.18. The number of hydrogen-bond acceptors (Lipinski definition) is 4. The molecule has 2 rings (SSSR count). The molecule has 0 saturated carbocycles. The molecule has 0 aliphatic heterocycles. The molecule has 27 heavy (non-hydrogen) atoms. The molecule has 1 heterocycles. The van der Waals surface area contributed by atoms with Crippen molar-refractivity contribution in [2.45, 2.75) is 34.2 Å². The first-order valence-corrected chi connectivity index (χ1v) is 8.76. The molecule has 0 saturated heterocycles. The SMILES string of the molecule is COCC(=O)Nc1ccc(C)c(NC(=O)NCCn2nc(C)c(C)c2C)c1. The zero-order valence-corrected chi connectivity index (χ0v) is 16.5. The molecule has 8 nitrogen and oxygen atoms in total. The molecule has 0 unspecified atom stereocenters. The van der Waals surface area contributed by atoms with Crippen LogP contribution in [0.25, 0.3) is 0 Å². The van der Waals surface area contributed by atoms with Crippen LogP contribution in [0.3, 0.4) is 0 Å². The molecule has 0 radical (unpaired) electrons. The molecule has 0 fully saturated rings. The van der Waals surface area contributed by atoms with Gasteiger partial charge in [0.1, 0.15) is 6.61 Å². The van der Waals surface area contributed by atoms with Gasteiger partial charge in [-0.2, -0.15) is 5.10 Å². The highest BCUT2D eigenvalue weighted by Crippen LogP contribution is 2.20. The van der Waals surface area contributed by atoms with Crippen LogP contribution in [0, 0.1) is 27.7 Å². The molecule has 146 valence electrons. The summed E-state index contributed by atoms with van der Waals surface area (Å²) in [5.41, 5.74) is 5.39. The van der Waals surface area contributed by atoms with Crippen molar-refractivity contribution in [2.24, 2.45) is 0 Å². The van der Waals surface area contributed by atoms with Crippen LogP contribution in [0.5, 0.6) is 0 Å². The zero-order chi connectivity index (χ0) is 20.0. The van der Waals surface area contributed by atoms with Crippen molar-refractivity contribution >= 4 is 23.3 Å². The van der Waals surface area contributed by atoms with Crippen molar-refractivity contribution in [3.63, 3.8) is 0 Å². The molecular weight excluding hydrogens is 346 g/mol. The van der Waals surface area contributed by atoms with Crippen LogP contribution in [0.4, 0.5) is 16.2 Å². The average molecular weight is 373 g/mol. The summed E-state index contributed by atoms with van der Waals surface area (Å²) >= 11 is 0. The third-order valence-corrected chi connectivity index (χ3v) is 4.40. The third-order valence-electron chi connectivity index (χ3n) is 4.40. The average Bonchev–Trinajstić information content (AvgIpc) is 2.85. The number of ether oxygens (including phenoxy) is 1. The number of methoxy groups -OCH3 is 1. The van der Waals surface area contributed by atoms with Gasteiger partial charge in [-0.05, 0) is 51.0 Å². The van der Waals surface area contributed by atoms with E-state index in [1.807, 2.05) is 38.4 Å². The summed E-state index contributed by atoms with van der Waals surface area (Å²) in [5, 5.41) is 12.8. The molecule has 1 aromatic carbocycles. The molecule has 1 aromatic heterocycles. The van der Waals surface area contributed by atoms with Crippen LogP contribution in [0.1, 0.15) is 22.5 Å². The standard InChI is InChI=1S/C19H27N5O3/c1-12-6-7-16(21-18(25)11-27-5)10-17(12)22-19(26)20-8-9-24-15(4)13(2)14(3)23-24/h6-7,10H,8-9,11H2,1-5H3,(H,21,25)(H2,20,22,26). The van der Waals surface area contributed by atoms with Gasteiger partial charge in [-0.3, -0.25) is 9.48 Å². The molecule has 0 aliphatic rings. The highest BCUT2D eigenvalue weighted by molar-refractivity contribution is 5.94. The lowest BCUT2D eigenvalue weighted by molar-refractivity contribution is -0.119. The van der Waals surface area contributed by atoms with Crippen molar-refractivity contribution in [3.05, 3.63) is 40.7 Å². The van der Waals surface area contributed by atoms with Gasteiger partial charge in [0, 0.05) is 30.7 Å². The predicted molar refractivity (Wildman–Crippen MR) is 105 cm³/mol. The first-order valence-electron chi connectivity index (χ1n) is 8.76. The van der Waals surface area contributed by atoms with Gasteiger partial charge < -0.3 is 20.7 Å². The Morgan fingerprint density at radius 2 is 1.89 bits per heavy atom. The molecular formula is C19H27N5O3. The maximum Gasteiger partial charge on any atom is 0.319 e. The first-order chi connectivity index (χ1) is 12.8. The van der Waals surface area contributed by atoms with Gasteiger partial charge >= 0.3 is 6.03 Å². The van der Waals surface area contributed by atoms with Crippen molar-refractivity contribution < 1.29 is 14.3 Å². The van der Waals surface area contributed by atoms with E-state index in [1.165, 1.54) is 12.7 Å². The Labute approximate surface area is 159 Å². The van der Waals surface area contributed by atoms with E-state index in [4.69, 9.17) is 4.74 Å². The maximum absolute atomic E-state index is 12.2. The molecule has 8 heteroatoms. The Morgan fingerprint density at radius 3 is 2.52 bits per heavy atom. The molecule has 0 bridgehead atoms. The molecule has 3 amide bonds. The molecule has 0 spiro atoms. The van der Waals surface area contributed by atoms with E-state index in [1.54, 1.807) is 12.1 Å². The minimum Gasteiger partial charge on any atom is -0.375 e. The van der Waals surface area contributed by atoms with Crippen molar-refractivity contribution in [2.75, 3.05) is 30.9 Å². The van der Waals surface area contributed by atoms with Crippen LogP contribution < -0.4 is 16.0 Å². The minimum atomic E-state index is -0.309. The Balaban J connectivity index is 1.90. The van der Waals surface area contributed by atoms with Gasteiger partial charge in [0.2, 0.25) is 5.91 Å². The third kappa shape index (κ3) is 5.55. The Hall–Kier alpha value is -2.87. The highest BCUT2D eigenvalue weighted by atomic mass is 16.5. The highest BCUT2D eigenvalue weighted by Gasteiger charge is 2.09. The molecule has 2 aromatic rings. The number of aromatic nitrogens is 2. The molecule has 3 N–H and O–H groups in total. The zero-order valence-electron chi connectivity index (χ0n) is 16.5. The number of benzene rings is 1. The summed E-state index contributed by atoms with van der Waals surface area (Å²) in [5.74, 6) is -0.253. The number of aryl methyl sites for hydroxylation is 2. The summed E-state index contributed by atoms with van der Waals surface area (Å²) in [6, 6.07) is 5.01. The van der Waals surface area contributed by atoms with E-state index in [0.29, 0.717) is 24.5 Å². The Bertz CT molecular complexity index is 829. The summed E-state index contributed by atoms with van der Waals surface area (Å²) in [4.78, 5) is 23.8. The van der Waals surface area contributed by atoms with Gasteiger partial charge in [-0.15, -0.1) is 0 Å². The molecule has 0 aliphatic carbocycles. The van der Waals surface area contributed by atoms with Gasteiger partial charge in [0.15, 0.2) is 0 Å². The number of nitrogens with zero attached hydrogens (tertiary/aromatic N) is 2. The van der Waals surface area contributed by atoms with E-state index in [-0.39, 0.29) is 18.5 Å². The molecule has 0 atom stereocenters. The van der Waals surface area contributed by atoms with Gasteiger partial charge in [-0.25, -0.2) is 4.79 Å². The first kappa shape index (κ1) is 20.4. The second-order valence-electron chi connectivity index (χ2n) is 6.41. The lowest BCUT2D eigenvalue weighted by Crippen LogP contribution is -2.32. The van der Waals surface area contributed by atoms with Gasteiger partial charge in [-0.1, -0.05) is 6.07 Å². The fourth-order valence-corrected chi connectivity index (χ4v) is 2.61. The summed E-state index contributed by atoms with van der Waals surface area (Å²) in [6.45, 7) is 8.94. The fraction of sp³-hybridized carbons (Fsp3) is 0.421. The van der Waals surface area contributed by atoms with Crippen molar-refractivity contribution in [1.82, 2.24) is 15.1 Å². The largest absolute Gasteiger partial charge is 0.375 e. The van der Waals surface area contributed by atoms with Crippen LogP contribution in [0.15, 0.2) is 18.2 Å². The number of carbonyl (C=O) groups excluding carboxylic acids is 2. The smallest absolute Gasteiger partial charge is 0.319 e. The topological polar surface area (TPSA) is 97.3 Å². The number of rotatable bonds is 7.